The summed E-state index contributed by atoms with van der Waals surface area (Å²) in [6.07, 6.45) is 2.62. The van der Waals surface area contributed by atoms with Crippen molar-refractivity contribution in [3.63, 3.8) is 0 Å². The predicted octanol–water partition coefficient (Wildman–Crippen LogP) is 3.34. The smallest absolute Gasteiger partial charge is 0.253 e. The average molecular weight is 380 g/mol. The van der Waals surface area contributed by atoms with Crippen molar-refractivity contribution in [1.29, 1.82) is 0 Å². The van der Waals surface area contributed by atoms with E-state index in [0.717, 1.165) is 29.9 Å². The highest BCUT2D eigenvalue weighted by molar-refractivity contribution is 6.03. The average Bonchev–Trinajstić information content (AvgIpc) is 3.56. The van der Waals surface area contributed by atoms with E-state index in [-0.39, 0.29) is 17.7 Å². The number of amides is 2. The summed E-state index contributed by atoms with van der Waals surface area (Å²) in [7, 11) is 1.58. The monoisotopic (exact) mass is 380 g/mol. The first kappa shape index (κ1) is 18.3. The Morgan fingerprint density at radius 1 is 1.07 bits per heavy atom. The largest absolute Gasteiger partial charge is 0.486 e. The molecule has 0 spiro atoms. The molecule has 6 heteroatoms. The molecule has 2 N–H and O–H groups in total. The fraction of sp³-hybridized carbons (Fsp3) is 0.364. The molecule has 146 valence electrons. The third-order valence-corrected chi connectivity index (χ3v) is 5.26. The molecule has 2 aromatic carbocycles. The molecule has 2 aromatic rings. The van der Waals surface area contributed by atoms with Gasteiger partial charge in [-0.2, -0.15) is 0 Å². The summed E-state index contributed by atoms with van der Waals surface area (Å²) in [5.41, 5.74) is 2.09. The highest BCUT2D eigenvalue weighted by atomic mass is 16.6. The van der Waals surface area contributed by atoms with Crippen LogP contribution in [0.15, 0.2) is 42.5 Å². The molecule has 1 atom stereocenters. The number of anilines is 1. The van der Waals surface area contributed by atoms with Crippen LogP contribution in [0.1, 0.15) is 41.1 Å². The number of fused-ring (bicyclic) bond motifs is 1. The molecule has 1 aliphatic heterocycles. The van der Waals surface area contributed by atoms with Crippen LogP contribution in [0.5, 0.6) is 11.5 Å². The maximum Gasteiger partial charge on any atom is 0.253 e. The van der Waals surface area contributed by atoms with Crippen LogP contribution < -0.4 is 20.1 Å². The van der Waals surface area contributed by atoms with Gasteiger partial charge in [-0.15, -0.1) is 0 Å². The van der Waals surface area contributed by atoms with Gasteiger partial charge in [-0.05, 0) is 54.5 Å². The Labute approximate surface area is 164 Å². The minimum atomic E-state index is -0.221. The van der Waals surface area contributed by atoms with Gasteiger partial charge in [0.25, 0.3) is 5.91 Å². The summed E-state index contributed by atoms with van der Waals surface area (Å²) < 4.78 is 11.3. The van der Waals surface area contributed by atoms with Crippen LogP contribution in [0, 0.1) is 5.92 Å². The first-order valence-corrected chi connectivity index (χ1v) is 9.66. The Hall–Kier alpha value is -3.02. The van der Waals surface area contributed by atoms with Crippen LogP contribution in [0.2, 0.25) is 0 Å². The number of ether oxygens (including phenoxy) is 2. The maximum atomic E-state index is 12.8. The molecule has 1 unspecified atom stereocenters. The van der Waals surface area contributed by atoms with Crippen molar-refractivity contribution in [3.05, 3.63) is 53.6 Å². The van der Waals surface area contributed by atoms with Crippen LogP contribution in [0.4, 0.5) is 5.69 Å². The molecule has 1 aliphatic carbocycles. The van der Waals surface area contributed by atoms with Gasteiger partial charge in [-0.1, -0.05) is 18.2 Å². The zero-order valence-electron chi connectivity index (χ0n) is 15.9. The molecule has 28 heavy (non-hydrogen) atoms. The van der Waals surface area contributed by atoms with E-state index in [1.165, 1.54) is 0 Å². The molecule has 4 rings (SSSR count). The van der Waals surface area contributed by atoms with E-state index in [4.69, 9.17) is 9.47 Å². The molecule has 0 radical (unpaired) electrons. The molecule has 1 fully saturated rings. The SMILES string of the molecule is CNC(=O)c1ccccc1NC(=O)CC(c1ccc2c(c1)OCCO2)C1CC1. The van der Waals surface area contributed by atoms with Gasteiger partial charge in [0.1, 0.15) is 13.2 Å². The van der Waals surface area contributed by atoms with Crippen molar-refractivity contribution < 1.29 is 19.1 Å². The van der Waals surface area contributed by atoms with Gasteiger partial charge in [0.15, 0.2) is 11.5 Å². The summed E-state index contributed by atoms with van der Waals surface area (Å²) >= 11 is 0. The highest BCUT2D eigenvalue weighted by Crippen LogP contribution is 2.46. The second-order valence-electron chi connectivity index (χ2n) is 7.22. The minimum Gasteiger partial charge on any atom is -0.486 e. The van der Waals surface area contributed by atoms with Crippen molar-refractivity contribution in [2.24, 2.45) is 5.92 Å². The Bertz CT molecular complexity index is 892. The predicted molar refractivity (Wildman–Crippen MR) is 106 cm³/mol. The number of carbonyl (C=O) groups excluding carboxylic acids is 2. The topological polar surface area (TPSA) is 76.7 Å². The minimum absolute atomic E-state index is 0.0943. The first-order chi connectivity index (χ1) is 13.7. The molecule has 1 heterocycles. The maximum absolute atomic E-state index is 12.8. The standard InChI is InChI=1S/C22H24N2O4/c1-23-22(26)16-4-2-3-5-18(16)24-21(25)13-17(14-6-7-14)15-8-9-19-20(12-15)28-11-10-27-19/h2-5,8-9,12,14,17H,6-7,10-11,13H2,1H3,(H,23,26)(H,24,25). The lowest BCUT2D eigenvalue weighted by atomic mass is 9.90. The highest BCUT2D eigenvalue weighted by Gasteiger charge is 2.34. The Kier molecular flexibility index (Phi) is 5.19. The van der Waals surface area contributed by atoms with Crippen LogP contribution in [-0.4, -0.2) is 32.1 Å². The fourth-order valence-electron chi connectivity index (χ4n) is 3.67. The second kappa shape index (κ2) is 7.92. The zero-order valence-corrected chi connectivity index (χ0v) is 15.9. The third-order valence-electron chi connectivity index (χ3n) is 5.26. The van der Waals surface area contributed by atoms with Gasteiger partial charge in [-0.25, -0.2) is 0 Å². The number of hydrogen-bond donors (Lipinski definition) is 2. The van der Waals surface area contributed by atoms with Crippen LogP contribution in [0.3, 0.4) is 0 Å². The van der Waals surface area contributed by atoms with Gasteiger partial charge >= 0.3 is 0 Å². The molecule has 6 nitrogen and oxygen atoms in total. The number of para-hydroxylation sites is 1. The Morgan fingerprint density at radius 2 is 1.82 bits per heavy atom. The number of carbonyl (C=O) groups is 2. The van der Waals surface area contributed by atoms with Gasteiger partial charge < -0.3 is 20.1 Å². The van der Waals surface area contributed by atoms with E-state index in [9.17, 15) is 9.59 Å². The molecule has 1 saturated carbocycles. The van der Waals surface area contributed by atoms with E-state index in [0.29, 0.717) is 36.8 Å². The van der Waals surface area contributed by atoms with Crippen molar-refractivity contribution in [2.45, 2.75) is 25.2 Å². The summed E-state index contributed by atoms with van der Waals surface area (Å²) in [6, 6.07) is 13.0. The zero-order chi connectivity index (χ0) is 19.5. The van der Waals surface area contributed by atoms with Crippen molar-refractivity contribution in [3.8, 4) is 11.5 Å². The van der Waals surface area contributed by atoms with Gasteiger partial charge in [0, 0.05) is 13.5 Å². The molecular weight excluding hydrogens is 356 g/mol. The molecular formula is C22H24N2O4. The van der Waals surface area contributed by atoms with Gasteiger partial charge in [0.05, 0.1) is 11.3 Å². The number of nitrogens with one attached hydrogen (secondary N) is 2. The van der Waals surface area contributed by atoms with E-state index >= 15 is 0 Å². The summed E-state index contributed by atoms with van der Waals surface area (Å²) in [4.78, 5) is 24.8. The lowest BCUT2D eigenvalue weighted by Gasteiger charge is -2.22. The lowest BCUT2D eigenvalue weighted by Crippen LogP contribution is -2.22. The van der Waals surface area contributed by atoms with Crippen molar-refractivity contribution in [1.82, 2.24) is 5.32 Å². The first-order valence-electron chi connectivity index (χ1n) is 9.66. The summed E-state index contributed by atoms with van der Waals surface area (Å²) in [5, 5.41) is 5.52. The lowest BCUT2D eigenvalue weighted by molar-refractivity contribution is -0.116. The van der Waals surface area contributed by atoms with E-state index in [2.05, 4.69) is 10.6 Å². The van der Waals surface area contributed by atoms with E-state index < -0.39 is 0 Å². The number of benzene rings is 2. The summed E-state index contributed by atoms with van der Waals surface area (Å²) in [5.74, 6) is 1.82. The second-order valence-corrected chi connectivity index (χ2v) is 7.22. The molecule has 0 bridgehead atoms. The van der Waals surface area contributed by atoms with Crippen LogP contribution >= 0.6 is 0 Å². The molecule has 0 saturated heterocycles. The van der Waals surface area contributed by atoms with Crippen LogP contribution in [0.25, 0.3) is 0 Å². The van der Waals surface area contributed by atoms with E-state index in [1.807, 2.05) is 18.2 Å². The van der Waals surface area contributed by atoms with E-state index in [1.54, 1.807) is 31.3 Å². The van der Waals surface area contributed by atoms with Crippen molar-refractivity contribution >= 4 is 17.5 Å². The van der Waals surface area contributed by atoms with Gasteiger partial charge in [-0.3, -0.25) is 9.59 Å². The molecule has 2 aliphatic rings. The quantitative estimate of drug-likeness (QED) is 0.806. The summed E-state index contributed by atoms with van der Waals surface area (Å²) in [6.45, 7) is 1.10. The number of hydrogen-bond acceptors (Lipinski definition) is 4. The normalized spacial score (nSPS) is 16.2. The van der Waals surface area contributed by atoms with Gasteiger partial charge in [0.2, 0.25) is 5.91 Å². The third kappa shape index (κ3) is 3.96. The Morgan fingerprint density at radius 3 is 2.57 bits per heavy atom. The number of rotatable bonds is 6. The van der Waals surface area contributed by atoms with Crippen LogP contribution in [-0.2, 0) is 4.79 Å². The Balaban J connectivity index is 1.50. The molecule has 0 aromatic heterocycles. The molecule has 2 amide bonds. The van der Waals surface area contributed by atoms with Crippen molar-refractivity contribution in [2.75, 3.05) is 25.6 Å². The fourth-order valence-corrected chi connectivity index (χ4v) is 3.67.